The van der Waals surface area contributed by atoms with Crippen molar-refractivity contribution < 1.29 is 0 Å². The Hall–Kier alpha value is -15.1. The number of imidazole rings is 2. The molecule has 532 valence electrons. The Labute approximate surface area is 661 Å². The van der Waals surface area contributed by atoms with Crippen LogP contribution in [0.3, 0.4) is 0 Å². The molecule has 0 amide bonds. The van der Waals surface area contributed by atoms with Crippen LogP contribution in [0.5, 0.6) is 0 Å². The molecule has 2 heterocycles. The van der Waals surface area contributed by atoms with Crippen LogP contribution < -0.4 is 0 Å². The zero-order valence-electron chi connectivity index (χ0n) is 62.4. The molecule has 0 N–H and O–H groups in total. The molecule has 0 spiro atoms. The highest BCUT2D eigenvalue weighted by Crippen LogP contribution is 2.51. The molecular formula is C110H72N4. The summed E-state index contributed by atoms with van der Waals surface area (Å²) in [6, 6.07) is 158. The standard InChI is InChI=1S/C57H38N2.C53H34N2/c1-4-18-40(19-5-1)45-24-10-12-26-47(45)55-49-28-14-15-29-50(49)56(48-27-13-11-25-46(48)41-20-6-2-7-21-41)52-38-43(36-37-51(52)55)39-32-34-42(35-33-39)57-58-53-30-16-17-31-54(53)59(57)44-22-8-3-9-23-44;1-2-18-40(19-3-1)55-50-27-11-10-26-49(50)54-53(55)38-30-28-35(29-31-38)39-32-33-47-48(34-39)52(44-25-13-17-37-15-5-7-21-42(37)44)46-23-9-8-22-45(46)51(47)43-24-12-16-36-14-4-6-20-41(36)43/h1-38H;1-34H. The molecule has 22 aromatic rings. The highest BCUT2D eigenvalue weighted by atomic mass is 15.1. The minimum atomic E-state index is 0.926. The molecule has 0 bridgehead atoms. The average Bonchev–Trinajstić information content (AvgIpc) is 1.06. The van der Waals surface area contributed by atoms with Gasteiger partial charge in [0.05, 0.1) is 22.1 Å². The summed E-state index contributed by atoms with van der Waals surface area (Å²) in [5, 5.41) is 14.9. The van der Waals surface area contributed by atoms with E-state index in [0.29, 0.717) is 0 Å². The van der Waals surface area contributed by atoms with Gasteiger partial charge >= 0.3 is 0 Å². The Bertz CT molecular complexity index is 7420. The first-order valence-corrected chi connectivity index (χ1v) is 39.1. The zero-order chi connectivity index (χ0) is 75.4. The van der Waals surface area contributed by atoms with Crippen molar-refractivity contribution in [1.29, 1.82) is 0 Å². The maximum atomic E-state index is 5.14. The molecule has 4 heteroatoms. The summed E-state index contributed by atoms with van der Waals surface area (Å²) in [6.07, 6.45) is 0. The molecule has 0 aliphatic heterocycles. The molecule has 22 rings (SSSR count). The molecular weight excluding hydrogens is 1380 g/mol. The van der Waals surface area contributed by atoms with Crippen LogP contribution >= 0.6 is 0 Å². The van der Waals surface area contributed by atoms with Gasteiger partial charge in [-0.2, -0.15) is 0 Å². The molecule has 114 heavy (non-hydrogen) atoms. The van der Waals surface area contributed by atoms with Crippen molar-refractivity contribution in [2.24, 2.45) is 0 Å². The van der Waals surface area contributed by atoms with Gasteiger partial charge in [0.1, 0.15) is 11.6 Å². The van der Waals surface area contributed by atoms with E-state index >= 15 is 0 Å². The molecule has 0 radical (unpaired) electrons. The Morgan fingerprint density at radius 3 is 0.842 bits per heavy atom. The minimum absolute atomic E-state index is 0.926. The molecule has 0 fully saturated rings. The SMILES string of the molecule is c1ccc(-c2ccccc2-c2c3ccccc3c(-c3ccccc3-c3ccccc3)c3cc(-c4ccc(-c5nc6ccccc6n5-c5ccccc5)cc4)ccc23)cc1.c1ccc(-n2c(-c3ccc(-c4ccc5c(-c6cccc7ccccc67)c6ccccc6c(-c6cccc7ccccc67)c5c4)cc3)nc3ccccc32)cc1. The molecule has 0 atom stereocenters. The maximum Gasteiger partial charge on any atom is 0.145 e. The number of fused-ring (bicyclic) bond motifs is 8. The molecule has 0 aliphatic carbocycles. The number of nitrogens with zero attached hydrogens (tertiary/aromatic N) is 4. The summed E-state index contributed by atoms with van der Waals surface area (Å²) < 4.78 is 4.52. The second kappa shape index (κ2) is 28.7. The van der Waals surface area contributed by atoms with Crippen molar-refractivity contribution in [3.63, 3.8) is 0 Å². The van der Waals surface area contributed by atoms with Crippen LogP contribution in [0.2, 0.25) is 0 Å². The summed E-state index contributed by atoms with van der Waals surface area (Å²) >= 11 is 0. The van der Waals surface area contributed by atoms with Crippen LogP contribution in [0.1, 0.15) is 0 Å². The Kier molecular flexibility index (Phi) is 16.9. The number of benzene rings is 20. The molecule has 2 aromatic heterocycles. The molecule has 0 saturated heterocycles. The third-order valence-electron chi connectivity index (χ3n) is 22.8. The van der Waals surface area contributed by atoms with E-state index in [-0.39, 0.29) is 0 Å². The minimum Gasteiger partial charge on any atom is -0.292 e. The highest BCUT2D eigenvalue weighted by Gasteiger charge is 2.25. The van der Waals surface area contributed by atoms with E-state index in [0.717, 1.165) is 72.9 Å². The Morgan fingerprint density at radius 2 is 0.430 bits per heavy atom. The van der Waals surface area contributed by atoms with Crippen LogP contribution in [0.25, 0.3) is 210 Å². The Morgan fingerprint density at radius 1 is 0.158 bits per heavy atom. The maximum absolute atomic E-state index is 5.14. The summed E-state index contributed by atoms with van der Waals surface area (Å²) in [5.74, 6) is 1.86. The summed E-state index contributed by atoms with van der Waals surface area (Å²) in [6.45, 7) is 0. The Balaban J connectivity index is 0.000000144. The first-order chi connectivity index (χ1) is 56.6. The van der Waals surface area contributed by atoms with Gasteiger partial charge < -0.3 is 0 Å². The van der Waals surface area contributed by atoms with Gasteiger partial charge in [-0.05, 0) is 214 Å². The quantitative estimate of drug-likeness (QED) is 0.114. The van der Waals surface area contributed by atoms with E-state index in [1.54, 1.807) is 0 Å². The third-order valence-corrected chi connectivity index (χ3v) is 22.8. The highest BCUT2D eigenvalue weighted by molar-refractivity contribution is 6.27. The van der Waals surface area contributed by atoms with Crippen molar-refractivity contribution in [2.75, 3.05) is 0 Å². The summed E-state index contributed by atoms with van der Waals surface area (Å²) in [7, 11) is 0. The van der Waals surface area contributed by atoms with E-state index in [9.17, 15) is 0 Å². The van der Waals surface area contributed by atoms with Crippen molar-refractivity contribution >= 4 is 86.7 Å². The summed E-state index contributed by atoms with van der Waals surface area (Å²) in [4.78, 5) is 10.3. The molecule has 0 unspecified atom stereocenters. The fourth-order valence-corrected chi connectivity index (χ4v) is 17.6. The van der Waals surface area contributed by atoms with E-state index in [1.165, 1.54) is 137 Å². The molecule has 4 nitrogen and oxygen atoms in total. The topological polar surface area (TPSA) is 35.6 Å². The largest absolute Gasteiger partial charge is 0.292 e. The fraction of sp³-hybridized carbons (Fsp3) is 0. The van der Waals surface area contributed by atoms with Gasteiger partial charge in [-0.15, -0.1) is 0 Å². The van der Waals surface area contributed by atoms with Gasteiger partial charge in [0.2, 0.25) is 0 Å². The van der Waals surface area contributed by atoms with Gasteiger partial charge in [-0.3, -0.25) is 9.13 Å². The lowest BCUT2D eigenvalue weighted by molar-refractivity contribution is 1.10. The average molecular weight is 1450 g/mol. The van der Waals surface area contributed by atoms with Crippen LogP contribution in [-0.4, -0.2) is 19.1 Å². The summed E-state index contributed by atoms with van der Waals surface area (Å²) in [5.41, 5.74) is 27.9. The van der Waals surface area contributed by atoms with Gasteiger partial charge in [0.25, 0.3) is 0 Å². The van der Waals surface area contributed by atoms with Gasteiger partial charge in [-0.25, -0.2) is 9.97 Å². The molecule has 0 aliphatic rings. The second-order valence-corrected chi connectivity index (χ2v) is 29.3. The van der Waals surface area contributed by atoms with E-state index in [2.05, 4.69) is 446 Å². The second-order valence-electron chi connectivity index (χ2n) is 29.3. The van der Waals surface area contributed by atoms with Crippen molar-refractivity contribution in [3.05, 3.63) is 437 Å². The smallest absolute Gasteiger partial charge is 0.145 e. The molecule has 20 aromatic carbocycles. The number of hydrogen-bond donors (Lipinski definition) is 0. The number of aromatic nitrogens is 4. The lowest BCUT2D eigenvalue weighted by Crippen LogP contribution is -1.97. The van der Waals surface area contributed by atoms with Crippen LogP contribution in [0, 0.1) is 0 Å². The van der Waals surface area contributed by atoms with E-state index in [1.807, 2.05) is 0 Å². The van der Waals surface area contributed by atoms with Crippen molar-refractivity contribution in [3.8, 4) is 123 Å². The van der Waals surface area contributed by atoms with Crippen LogP contribution in [0.4, 0.5) is 0 Å². The predicted molar refractivity (Wildman–Crippen MR) is 482 cm³/mol. The monoisotopic (exact) mass is 1450 g/mol. The number of para-hydroxylation sites is 6. The first-order valence-electron chi connectivity index (χ1n) is 39.1. The van der Waals surface area contributed by atoms with E-state index < -0.39 is 0 Å². The van der Waals surface area contributed by atoms with Crippen LogP contribution in [-0.2, 0) is 0 Å². The fourth-order valence-electron chi connectivity index (χ4n) is 17.6. The predicted octanol–water partition coefficient (Wildman–Crippen LogP) is 29.6. The van der Waals surface area contributed by atoms with Gasteiger partial charge in [0, 0.05) is 22.5 Å². The van der Waals surface area contributed by atoms with Gasteiger partial charge in [-0.1, -0.05) is 376 Å². The third kappa shape index (κ3) is 11.8. The lowest BCUT2D eigenvalue weighted by atomic mass is 9.81. The number of hydrogen-bond acceptors (Lipinski definition) is 2. The normalized spacial score (nSPS) is 11.5. The van der Waals surface area contributed by atoms with Crippen LogP contribution in [0.15, 0.2) is 437 Å². The van der Waals surface area contributed by atoms with Crippen molar-refractivity contribution in [2.45, 2.75) is 0 Å². The first kappa shape index (κ1) is 67.0. The van der Waals surface area contributed by atoms with Crippen molar-refractivity contribution in [1.82, 2.24) is 19.1 Å². The lowest BCUT2D eigenvalue weighted by Gasteiger charge is -2.22. The number of rotatable bonds is 12. The zero-order valence-corrected chi connectivity index (χ0v) is 62.4. The van der Waals surface area contributed by atoms with E-state index in [4.69, 9.17) is 9.97 Å². The molecule has 0 saturated carbocycles. The van der Waals surface area contributed by atoms with Gasteiger partial charge in [0.15, 0.2) is 0 Å².